The second-order valence-corrected chi connectivity index (χ2v) is 2.88. The van der Waals surface area contributed by atoms with E-state index in [-0.39, 0.29) is 11.3 Å². The predicted molar refractivity (Wildman–Crippen MR) is 52.8 cm³/mol. The zero-order valence-corrected chi connectivity index (χ0v) is 7.94. The highest BCUT2D eigenvalue weighted by atomic mass is 19.1. The highest BCUT2D eigenvalue weighted by Gasteiger charge is 2.15. The van der Waals surface area contributed by atoms with Crippen LogP contribution in [0.2, 0.25) is 0 Å². The molecule has 0 aliphatic carbocycles. The molecule has 0 aromatic heterocycles. The molecule has 15 heavy (non-hydrogen) atoms. The first kappa shape index (κ1) is 11.0. The van der Waals surface area contributed by atoms with E-state index in [2.05, 4.69) is 0 Å². The van der Waals surface area contributed by atoms with Gasteiger partial charge in [-0.3, -0.25) is 14.9 Å². The minimum atomic E-state index is -0.931. The first-order valence-electron chi connectivity index (χ1n) is 4.14. The molecule has 4 nitrogen and oxygen atoms in total. The van der Waals surface area contributed by atoms with E-state index in [0.717, 1.165) is 12.1 Å². The van der Waals surface area contributed by atoms with E-state index in [1.165, 1.54) is 25.1 Å². The summed E-state index contributed by atoms with van der Waals surface area (Å²) >= 11 is 0. The number of ketones is 1. The minimum absolute atomic E-state index is 0.0272. The molecule has 0 atom stereocenters. The molecule has 5 heteroatoms. The van der Waals surface area contributed by atoms with Crippen molar-refractivity contribution < 1.29 is 14.1 Å². The molecule has 0 bridgehead atoms. The van der Waals surface area contributed by atoms with E-state index in [4.69, 9.17) is 0 Å². The lowest BCUT2D eigenvalue weighted by molar-refractivity contribution is -0.387. The Morgan fingerprint density at radius 3 is 2.73 bits per heavy atom. The van der Waals surface area contributed by atoms with Crippen LogP contribution in [-0.2, 0) is 4.79 Å². The third-order valence-corrected chi connectivity index (χ3v) is 1.70. The lowest BCUT2D eigenvalue weighted by Crippen LogP contribution is -1.94. The number of carbonyl (C=O) groups excluding carboxylic acids is 1. The molecule has 0 heterocycles. The quantitative estimate of drug-likeness (QED) is 0.436. The van der Waals surface area contributed by atoms with Gasteiger partial charge in [0, 0.05) is 11.6 Å². The first-order valence-corrected chi connectivity index (χ1v) is 4.14. The maximum atomic E-state index is 13.4. The Kier molecular flexibility index (Phi) is 3.28. The number of nitro benzene ring substituents is 1. The normalized spacial score (nSPS) is 10.5. The van der Waals surface area contributed by atoms with Crippen molar-refractivity contribution in [3.05, 3.63) is 45.8 Å². The molecule has 0 N–H and O–H groups in total. The molecular formula is C10H8FNO3. The van der Waals surface area contributed by atoms with Gasteiger partial charge in [0.05, 0.1) is 4.92 Å². The average molecular weight is 209 g/mol. The van der Waals surface area contributed by atoms with Gasteiger partial charge in [0.15, 0.2) is 5.78 Å². The zero-order valence-electron chi connectivity index (χ0n) is 7.94. The van der Waals surface area contributed by atoms with E-state index < -0.39 is 16.4 Å². The van der Waals surface area contributed by atoms with Gasteiger partial charge in [-0.1, -0.05) is 12.1 Å². The summed E-state index contributed by atoms with van der Waals surface area (Å²) in [5.41, 5.74) is -0.569. The lowest BCUT2D eigenvalue weighted by Gasteiger charge is -1.97. The van der Waals surface area contributed by atoms with E-state index in [9.17, 15) is 19.3 Å². The Morgan fingerprint density at radius 1 is 1.53 bits per heavy atom. The fraction of sp³-hybridized carbons (Fsp3) is 0.100. The highest BCUT2D eigenvalue weighted by Crippen LogP contribution is 2.20. The van der Waals surface area contributed by atoms with Gasteiger partial charge < -0.3 is 0 Å². The molecule has 0 aliphatic rings. The average Bonchev–Trinajstić information content (AvgIpc) is 2.15. The van der Waals surface area contributed by atoms with Gasteiger partial charge in [-0.15, -0.1) is 0 Å². The Labute approximate surface area is 85.2 Å². The van der Waals surface area contributed by atoms with Gasteiger partial charge in [-0.25, -0.2) is 0 Å². The van der Waals surface area contributed by atoms with Crippen LogP contribution in [0.5, 0.6) is 0 Å². The Bertz CT molecular complexity index is 440. The third-order valence-electron chi connectivity index (χ3n) is 1.70. The van der Waals surface area contributed by atoms with Crippen molar-refractivity contribution in [2.24, 2.45) is 0 Å². The molecule has 1 aromatic carbocycles. The standard InChI is InChI=1S/C10H8FNO3/c1-7(13)5-6-8-3-2-4-9(10(8)11)12(14)15/h2-6H,1H3/b6-5+. The number of halogens is 1. The fourth-order valence-electron chi connectivity index (χ4n) is 1.01. The number of allylic oxidation sites excluding steroid dienone is 1. The van der Waals surface area contributed by atoms with Crippen LogP contribution >= 0.6 is 0 Å². The van der Waals surface area contributed by atoms with E-state index >= 15 is 0 Å². The number of hydrogen-bond donors (Lipinski definition) is 0. The van der Waals surface area contributed by atoms with Gasteiger partial charge in [0.2, 0.25) is 5.82 Å². The number of rotatable bonds is 3. The highest BCUT2D eigenvalue weighted by molar-refractivity contribution is 5.91. The molecule has 78 valence electrons. The zero-order chi connectivity index (χ0) is 11.4. The minimum Gasteiger partial charge on any atom is -0.295 e. The van der Waals surface area contributed by atoms with Crippen LogP contribution in [0, 0.1) is 15.9 Å². The van der Waals surface area contributed by atoms with Crippen LogP contribution in [0.1, 0.15) is 12.5 Å². The summed E-state index contributed by atoms with van der Waals surface area (Å²) in [6, 6.07) is 3.79. The van der Waals surface area contributed by atoms with Crippen molar-refractivity contribution in [1.29, 1.82) is 0 Å². The molecular weight excluding hydrogens is 201 g/mol. The number of nitro groups is 1. The molecule has 0 radical (unpaired) electrons. The van der Waals surface area contributed by atoms with Gasteiger partial charge in [0.25, 0.3) is 0 Å². The summed E-state index contributed by atoms with van der Waals surface area (Å²) in [4.78, 5) is 20.2. The van der Waals surface area contributed by atoms with E-state index in [0.29, 0.717) is 0 Å². The summed E-state index contributed by atoms with van der Waals surface area (Å²) in [7, 11) is 0. The van der Waals surface area contributed by atoms with Gasteiger partial charge in [-0.2, -0.15) is 4.39 Å². The molecule has 1 aromatic rings. The molecule has 0 aliphatic heterocycles. The molecule has 0 unspecified atom stereocenters. The lowest BCUT2D eigenvalue weighted by atomic mass is 10.1. The smallest absolute Gasteiger partial charge is 0.295 e. The van der Waals surface area contributed by atoms with Crippen molar-refractivity contribution in [3.8, 4) is 0 Å². The SMILES string of the molecule is CC(=O)/C=C/c1cccc([N+](=O)[O-])c1F. The molecule has 0 saturated heterocycles. The van der Waals surface area contributed by atoms with Crippen molar-refractivity contribution in [2.45, 2.75) is 6.92 Å². The Morgan fingerprint density at radius 2 is 2.20 bits per heavy atom. The summed E-state index contributed by atoms with van der Waals surface area (Å²) < 4.78 is 13.4. The topological polar surface area (TPSA) is 60.2 Å². The number of benzene rings is 1. The summed E-state index contributed by atoms with van der Waals surface area (Å²) in [6.45, 7) is 1.31. The monoisotopic (exact) mass is 209 g/mol. The van der Waals surface area contributed by atoms with Crippen LogP contribution in [-0.4, -0.2) is 10.7 Å². The summed E-state index contributed by atoms with van der Waals surface area (Å²) in [5.74, 6) is -1.18. The second-order valence-electron chi connectivity index (χ2n) is 2.88. The van der Waals surface area contributed by atoms with Gasteiger partial charge >= 0.3 is 5.69 Å². The first-order chi connectivity index (χ1) is 7.02. The van der Waals surface area contributed by atoms with Crippen LogP contribution < -0.4 is 0 Å². The predicted octanol–water partition coefficient (Wildman–Crippen LogP) is 2.34. The summed E-state index contributed by atoms with van der Waals surface area (Å²) in [6.07, 6.45) is 2.37. The van der Waals surface area contributed by atoms with Crippen molar-refractivity contribution in [2.75, 3.05) is 0 Å². The van der Waals surface area contributed by atoms with Crippen molar-refractivity contribution in [3.63, 3.8) is 0 Å². The van der Waals surface area contributed by atoms with Gasteiger partial charge in [-0.05, 0) is 19.1 Å². The molecule has 0 amide bonds. The number of carbonyl (C=O) groups is 1. The largest absolute Gasteiger partial charge is 0.305 e. The Balaban J connectivity index is 3.15. The molecule has 0 spiro atoms. The maximum absolute atomic E-state index is 13.4. The Hall–Kier alpha value is -2.04. The molecule has 1 rings (SSSR count). The van der Waals surface area contributed by atoms with Crippen LogP contribution in [0.25, 0.3) is 6.08 Å². The van der Waals surface area contributed by atoms with Crippen LogP contribution in [0.15, 0.2) is 24.3 Å². The van der Waals surface area contributed by atoms with E-state index in [1.807, 2.05) is 0 Å². The third kappa shape index (κ3) is 2.70. The van der Waals surface area contributed by atoms with Crippen LogP contribution in [0.4, 0.5) is 10.1 Å². The van der Waals surface area contributed by atoms with Crippen molar-refractivity contribution in [1.82, 2.24) is 0 Å². The second kappa shape index (κ2) is 4.45. The fourth-order valence-corrected chi connectivity index (χ4v) is 1.01. The summed E-state index contributed by atoms with van der Waals surface area (Å²) in [5, 5.41) is 10.4. The number of hydrogen-bond acceptors (Lipinski definition) is 3. The molecule has 0 saturated carbocycles. The van der Waals surface area contributed by atoms with Gasteiger partial charge in [0.1, 0.15) is 0 Å². The molecule has 0 fully saturated rings. The number of nitrogens with zero attached hydrogens (tertiary/aromatic N) is 1. The van der Waals surface area contributed by atoms with E-state index in [1.54, 1.807) is 0 Å². The van der Waals surface area contributed by atoms with Crippen molar-refractivity contribution >= 4 is 17.5 Å². The van der Waals surface area contributed by atoms with Crippen LogP contribution in [0.3, 0.4) is 0 Å². The maximum Gasteiger partial charge on any atom is 0.305 e.